The van der Waals surface area contributed by atoms with Gasteiger partial charge in [0.2, 0.25) is 23.4 Å². The number of hydrogen-bond acceptors (Lipinski definition) is 6. The fourth-order valence-electron chi connectivity index (χ4n) is 4.50. The summed E-state index contributed by atoms with van der Waals surface area (Å²) in [7, 11) is 0. The summed E-state index contributed by atoms with van der Waals surface area (Å²) >= 11 is 7.20. The normalized spacial score (nSPS) is 23.0. The van der Waals surface area contributed by atoms with Crippen LogP contribution in [-0.4, -0.2) is 61.9 Å². The Morgan fingerprint density at radius 2 is 1.84 bits per heavy atom. The van der Waals surface area contributed by atoms with Gasteiger partial charge in [-0.05, 0) is 43.7 Å². The topological polar surface area (TPSA) is 154 Å². The molecule has 2 aromatic carbocycles. The Balaban J connectivity index is 1.57. The molecule has 2 saturated heterocycles. The van der Waals surface area contributed by atoms with Gasteiger partial charge >= 0.3 is 5.97 Å². The number of rotatable bonds is 8. The Bertz CT molecular complexity index is 1270. The molecule has 10 nitrogen and oxygen atoms in total. The van der Waals surface area contributed by atoms with Crippen LogP contribution in [0, 0.1) is 0 Å². The van der Waals surface area contributed by atoms with Gasteiger partial charge in [-0.1, -0.05) is 41.9 Å². The number of carbonyl (C=O) groups excluding carboxylic acids is 3. The number of β-lactam (4-membered cyclic amide) rings is 1. The predicted octanol–water partition coefficient (Wildman–Crippen LogP) is 1.88. The van der Waals surface area contributed by atoms with Gasteiger partial charge in [0.1, 0.15) is 18.4 Å². The van der Waals surface area contributed by atoms with Crippen LogP contribution in [0.4, 0.5) is 0 Å². The smallest absolute Gasteiger partial charge is 0.352 e. The van der Waals surface area contributed by atoms with Gasteiger partial charge in [-0.25, -0.2) is 4.79 Å². The van der Waals surface area contributed by atoms with Gasteiger partial charge in [-0.3, -0.25) is 24.3 Å². The fourth-order valence-corrected chi connectivity index (χ4v) is 6.32. The molecular formula is C25H26ClN5O5S. The summed E-state index contributed by atoms with van der Waals surface area (Å²) < 4.78 is -1.03. The largest absolute Gasteiger partial charge is 0.478 e. The average Bonchev–Trinajstić information content (AvgIpc) is 3.03. The lowest BCUT2D eigenvalue weighted by molar-refractivity contribution is -0.173. The highest BCUT2D eigenvalue weighted by atomic mass is 35.5. The third-order valence-electron chi connectivity index (χ3n) is 6.42. The first-order chi connectivity index (χ1) is 17.5. The number of nitrogens with zero attached hydrogens (tertiary/aromatic N) is 2. The van der Waals surface area contributed by atoms with Crippen LogP contribution in [-0.2, 0) is 19.2 Å². The molecule has 0 aliphatic carbocycles. The number of carboxylic acid groups (broad SMARTS) is 1. The zero-order valence-corrected chi connectivity index (χ0v) is 21.7. The standard InChI is InChI=1S/C25H26ClN5O5S/c1-24(2)25(23(35)36,31-18(33)12-19(31)37-24)30-22(34)20(14-6-4-3-5-7-14)29-17(32)13-28-21(27)15-8-10-16(26)11-9-15/h3-11,19-20H,12-13H2,1-2H3,(H2,27,28)(H,29,32)(H,30,34)(H,35,36)/t19-,20?,25+/m1/s1. The van der Waals surface area contributed by atoms with Crippen LogP contribution >= 0.6 is 23.4 Å². The van der Waals surface area contributed by atoms with E-state index in [1.807, 2.05) is 0 Å². The lowest BCUT2D eigenvalue weighted by Crippen LogP contribution is -2.75. The second-order valence-electron chi connectivity index (χ2n) is 9.18. The van der Waals surface area contributed by atoms with Crippen molar-refractivity contribution in [1.29, 1.82) is 0 Å². The number of hydrogen-bond donors (Lipinski definition) is 4. The lowest BCUT2D eigenvalue weighted by atomic mass is 9.89. The van der Waals surface area contributed by atoms with E-state index < -0.39 is 34.2 Å². The van der Waals surface area contributed by atoms with Crippen molar-refractivity contribution in [1.82, 2.24) is 15.5 Å². The van der Waals surface area contributed by atoms with E-state index in [0.717, 1.165) is 0 Å². The number of benzene rings is 2. The second kappa shape index (κ2) is 10.1. The van der Waals surface area contributed by atoms with Gasteiger partial charge in [0, 0.05) is 10.6 Å². The molecule has 1 unspecified atom stereocenters. The lowest BCUT2D eigenvalue weighted by Gasteiger charge is -2.46. The van der Waals surface area contributed by atoms with E-state index in [0.29, 0.717) is 16.1 Å². The highest BCUT2D eigenvalue weighted by Gasteiger charge is 2.70. The molecule has 0 spiro atoms. The molecule has 12 heteroatoms. The third-order valence-corrected chi connectivity index (χ3v) is 8.20. The van der Waals surface area contributed by atoms with Gasteiger partial charge in [0.05, 0.1) is 16.5 Å². The minimum Gasteiger partial charge on any atom is -0.478 e. The first kappa shape index (κ1) is 26.5. The van der Waals surface area contributed by atoms with E-state index >= 15 is 0 Å². The number of aliphatic imine (C=N–C) groups is 1. The fraction of sp³-hybridized carbons (Fsp3) is 0.320. The zero-order valence-electron chi connectivity index (χ0n) is 20.1. The van der Waals surface area contributed by atoms with E-state index in [-0.39, 0.29) is 30.1 Å². The quantitative estimate of drug-likeness (QED) is 0.225. The molecule has 2 aromatic rings. The Morgan fingerprint density at radius 3 is 2.43 bits per heavy atom. The number of amides is 3. The first-order valence-electron chi connectivity index (χ1n) is 11.4. The van der Waals surface area contributed by atoms with Crippen molar-refractivity contribution in [3.8, 4) is 0 Å². The van der Waals surface area contributed by atoms with E-state index in [4.69, 9.17) is 17.3 Å². The number of fused-ring (bicyclic) bond motifs is 1. The Kier molecular flexibility index (Phi) is 7.20. The van der Waals surface area contributed by atoms with Crippen molar-refractivity contribution in [2.24, 2.45) is 10.7 Å². The Morgan fingerprint density at radius 1 is 1.19 bits per heavy atom. The van der Waals surface area contributed by atoms with Crippen LogP contribution in [0.25, 0.3) is 0 Å². The molecule has 0 saturated carbocycles. The molecule has 2 aliphatic rings. The number of amidine groups is 1. The average molecular weight is 544 g/mol. The van der Waals surface area contributed by atoms with Gasteiger partial charge < -0.3 is 21.5 Å². The van der Waals surface area contributed by atoms with E-state index in [1.54, 1.807) is 68.4 Å². The van der Waals surface area contributed by atoms with Crippen molar-refractivity contribution in [3.05, 3.63) is 70.7 Å². The van der Waals surface area contributed by atoms with Crippen molar-refractivity contribution >= 4 is 52.9 Å². The molecule has 0 radical (unpaired) electrons. The summed E-state index contributed by atoms with van der Waals surface area (Å²) in [4.78, 5) is 56.7. The number of carbonyl (C=O) groups is 4. The van der Waals surface area contributed by atoms with Crippen LogP contribution in [0.15, 0.2) is 59.6 Å². The molecule has 2 fully saturated rings. The molecule has 5 N–H and O–H groups in total. The molecule has 0 bridgehead atoms. The van der Waals surface area contributed by atoms with Crippen molar-refractivity contribution in [2.75, 3.05) is 6.54 Å². The SMILES string of the molecule is CC1(C)S[C@@H]2CC(=O)N2[C@@]1(NC(=O)C(NC(=O)CN=C(N)c1ccc(Cl)cc1)c1ccccc1)C(=O)O. The predicted molar refractivity (Wildman–Crippen MR) is 140 cm³/mol. The molecule has 3 atom stereocenters. The van der Waals surface area contributed by atoms with Gasteiger partial charge in [0.15, 0.2) is 0 Å². The summed E-state index contributed by atoms with van der Waals surface area (Å²) in [5.74, 6) is -2.98. The number of nitrogens with two attached hydrogens (primary N) is 1. The zero-order chi connectivity index (χ0) is 27.0. The van der Waals surface area contributed by atoms with Gasteiger partial charge in [-0.2, -0.15) is 0 Å². The van der Waals surface area contributed by atoms with Crippen LogP contribution in [0.1, 0.15) is 37.4 Å². The molecule has 37 heavy (non-hydrogen) atoms. The van der Waals surface area contributed by atoms with Crippen molar-refractivity contribution < 1.29 is 24.3 Å². The molecular weight excluding hydrogens is 518 g/mol. The molecule has 2 aliphatic heterocycles. The molecule has 2 heterocycles. The van der Waals surface area contributed by atoms with E-state index in [2.05, 4.69) is 15.6 Å². The minimum atomic E-state index is -1.98. The number of halogens is 1. The van der Waals surface area contributed by atoms with E-state index in [1.165, 1.54) is 16.7 Å². The van der Waals surface area contributed by atoms with Crippen molar-refractivity contribution in [2.45, 2.75) is 42.1 Å². The third kappa shape index (κ3) is 4.88. The summed E-state index contributed by atoms with van der Waals surface area (Å²) in [6, 6.07) is 13.8. The maximum absolute atomic E-state index is 13.6. The number of aliphatic carboxylic acids is 1. The molecule has 0 aromatic heterocycles. The molecule has 194 valence electrons. The number of nitrogens with one attached hydrogen (secondary N) is 2. The van der Waals surface area contributed by atoms with E-state index in [9.17, 15) is 24.3 Å². The Labute approximate surface area is 222 Å². The first-order valence-corrected chi connectivity index (χ1v) is 12.7. The van der Waals surface area contributed by atoms with Gasteiger partial charge in [-0.15, -0.1) is 11.8 Å². The molecule has 4 rings (SSSR count). The summed E-state index contributed by atoms with van der Waals surface area (Å²) in [5.41, 5.74) is 5.00. The van der Waals surface area contributed by atoms with Crippen molar-refractivity contribution in [3.63, 3.8) is 0 Å². The minimum absolute atomic E-state index is 0.115. The maximum Gasteiger partial charge on any atom is 0.352 e. The number of carboxylic acids is 1. The van der Waals surface area contributed by atoms with Crippen LogP contribution in [0.2, 0.25) is 5.02 Å². The monoisotopic (exact) mass is 543 g/mol. The molecule has 3 amide bonds. The number of thioether (sulfide) groups is 1. The Hall–Kier alpha value is -3.57. The highest BCUT2D eigenvalue weighted by molar-refractivity contribution is 8.01. The van der Waals surface area contributed by atoms with Crippen LogP contribution in [0.5, 0.6) is 0 Å². The summed E-state index contributed by atoms with van der Waals surface area (Å²) in [6.07, 6.45) is 0.199. The second-order valence-corrected chi connectivity index (χ2v) is 11.4. The summed E-state index contributed by atoms with van der Waals surface area (Å²) in [6.45, 7) is 2.97. The van der Waals surface area contributed by atoms with Crippen LogP contribution < -0.4 is 16.4 Å². The maximum atomic E-state index is 13.6. The summed E-state index contributed by atoms with van der Waals surface area (Å²) in [5, 5.41) is 15.6. The highest BCUT2D eigenvalue weighted by Crippen LogP contribution is 2.55. The van der Waals surface area contributed by atoms with Crippen LogP contribution in [0.3, 0.4) is 0 Å². The van der Waals surface area contributed by atoms with Gasteiger partial charge in [0.25, 0.3) is 0 Å².